The Bertz CT molecular complexity index is 324. The van der Waals surface area contributed by atoms with Crippen LogP contribution in [0, 0.1) is 0 Å². The monoisotopic (exact) mass is 258 g/mol. The van der Waals surface area contributed by atoms with Crippen molar-refractivity contribution in [1.29, 1.82) is 0 Å². The zero-order valence-corrected chi connectivity index (χ0v) is 11.4. The second-order valence-electron chi connectivity index (χ2n) is 5.05. The number of hydrogen-bond donors (Lipinski definition) is 3. The molecule has 0 aromatic rings. The maximum Gasteiger partial charge on any atom is 0.328 e. The molecule has 0 fully saturated rings. The number of carbonyl (C=O) groups excluding carboxylic acids is 2. The van der Waals surface area contributed by atoms with Gasteiger partial charge in [0.05, 0.1) is 0 Å². The van der Waals surface area contributed by atoms with Crippen LogP contribution in [0.1, 0.15) is 47.0 Å². The minimum atomic E-state index is -1.28. The van der Waals surface area contributed by atoms with Gasteiger partial charge < -0.3 is 15.7 Å². The number of nitrogens with one attached hydrogen (secondary N) is 2. The van der Waals surface area contributed by atoms with Crippen molar-refractivity contribution in [2.24, 2.45) is 0 Å². The summed E-state index contributed by atoms with van der Waals surface area (Å²) in [5, 5.41) is 13.9. The van der Waals surface area contributed by atoms with Crippen LogP contribution in [0.2, 0.25) is 0 Å². The molecule has 0 aliphatic heterocycles. The molecule has 6 heteroatoms. The topological polar surface area (TPSA) is 95.5 Å². The van der Waals surface area contributed by atoms with Crippen LogP contribution in [0.15, 0.2) is 0 Å². The highest BCUT2D eigenvalue weighted by atomic mass is 16.4. The van der Waals surface area contributed by atoms with Gasteiger partial charge in [-0.1, -0.05) is 0 Å². The van der Waals surface area contributed by atoms with Crippen LogP contribution in [-0.2, 0) is 14.4 Å². The number of carboxylic acid groups (broad SMARTS) is 1. The van der Waals surface area contributed by atoms with Crippen molar-refractivity contribution < 1.29 is 19.5 Å². The molecule has 2 amide bonds. The summed E-state index contributed by atoms with van der Waals surface area (Å²) in [6.45, 7) is 6.55. The van der Waals surface area contributed by atoms with Crippen LogP contribution in [0.5, 0.6) is 0 Å². The molecule has 18 heavy (non-hydrogen) atoms. The number of hydrogen-bond acceptors (Lipinski definition) is 3. The van der Waals surface area contributed by atoms with Gasteiger partial charge >= 0.3 is 5.97 Å². The molecule has 0 radical (unpaired) electrons. The van der Waals surface area contributed by atoms with Crippen molar-refractivity contribution >= 4 is 17.8 Å². The van der Waals surface area contributed by atoms with E-state index in [1.54, 1.807) is 0 Å². The van der Waals surface area contributed by atoms with E-state index in [0.717, 1.165) is 0 Å². The Morgan fingerprint density at radius 3 is 2.06 bits per heavy atom. The van der Waals surface area contributed by atoms with Gasteiger partial charge in [0.25, 0.3) is 0 Å². The van der Waals surface area contributed by atoms with E-state index in [1.807, 2.05) is 13.8 Å². The Morgan fingerprint density at radius 2 is 1.61 bits per heavy atom. The fourth-order valence-corrected chi connectivity index (χ4v) is 1.27. The van der Waals surface area contributed by atoms with E-state index in [-0.39, 0.29) is 30.7 Å². The third-order valence-corrected chi connectivity index (χ3v) is 2.24. The predicted molar refractivity (Wildman–Crippen MR) is 67.0 cm³/mol. The molecule has 0 saturated carbocycles. The molecular weight excluding hydrogens is 236 g/mol. The molecule has 0 rings (SSSR count). The van der Waals surface area contributed by atoms with Gasteiger partial charge in [0.1, 0.15) is 5.54 Å². The lowest BCUT2D eigenvalue weighted by molar-refractivity contribution is -0.146. The third-order valence-electron chi connectivity index (χ3n) is 2.24. The summed E-state index contributed by atoms with van der Waals surface area (Å²) >= 11 is 0. The van der Waals surface area contributed by atoms with E-state index < -0.39 is 11.5 Å². The van der Waals surface area contributed by atoms with Crippen molar-refractivity contribution in [3.05, 3.63) is 0 Å². The van der Waals surface area contributed by atoms with Gasteiger partial charge in [-0.3, -0.25) is 9.59 Å². The standard InChI is InChI=1S/C12H22N2O4/c1-8(2)13-9(15)6-5-7-10(16)14-12(3,4)11(17)18/h8H,5-7H2,1-4H3,(H,13,15)(H,14,16)(H,17,18). The smallest absolute Gasteiger partial charge is 0.328 e. The van der Waals surface area contributed by atoms with Crippen molar-refractivity contribution in [1.82, 2.24) is 10.6 Å². The largest absolute Gasteiger partial charge is 0.480 e. The number of carbonyl (C=O) groups is 3. The minimum Gasteiger partial charge on any atom is -0.480 e. The van der Waals surface area contributed by atoms with E-state index in [9.17, 15) is 14.4 Å². The summed E-state index contributed by atoms with van der Waals surface area (Å²) < 4.78 is 0. The zero-order chi connectivity index (χ0) is 14.3. The second-order valence-corrected chi connectivity index (χ2v) is 5.05. The molecule has 104 valence electrons. The first kappa shape index (κ1) is 16.4. The summed E-state index contributed by atoms with van der Waals surface area (Å²) in [5.41, 5.74) is -1.28. The van der Waals surface area contributed by atoms with Crippen LogP contribution < -0.4 is 10.6 Å². The summed E-state index contributed by atoms with van der Waals surface area (Å²) in [6, 6.07) is 0.0808. The maximum atomic E-state index is 11.5. The van der Waals surface area contributed by atoms with Crippen LogP contribution >= 0.6 is 0 Å². The second kappa shape index (κ2) is 6.98. The molecule has 0 unspecified atom stereocenters. The third kappa shape index (κ3) is 6.88. The van der Waals surface area contributed by atoms with E-state index in [2.05, 4.69) is 10.6 Å². The van der Waals surface area contributed by atoms with Crippen LogP contribution in [-0.4, -0.2) is 34.5 Å². The lowest BCUT2D eigenvalue weighted by atomic mass is 10.1. The quantitative estimate of drug-likeness (QED) is 0.625. The van der Waals surface area contributed by atoms with Gasteiger partial charge in [-0.2, -0.15) is 0 Å². The molecule has 0 aromatic carbocycles. The van der Waals surface area contributed by atoms with Gasteiger partial charge in [0.2, 0.25) is 11.8 Å². The van der Waals surface area contributed by atoms with E-state index in [0.29, 0.717) is 6.42 Å². The molecular formula is C12H22N2O4. The first-order chi connectivity index (χ1) is 8.15. The normalized spacial score (nSPS) is 11.2. The highest BCUT2D eigenvalue weighted by Crippen LogP contribution is 2.04. The first-order valence-corrected chi connectivity index (χ1v) is 5.99. The summed E-state index contributed by atoms with van der Waals surface area (Å²) in [4.78, 5) is 33.5. The number of aliphatic carboxylic acids is 1. The van der Waals surface area contributed by atoms with Crippen molar-refractivity contribution in [3.63, 3.8) is 0 Å². The van der Waals surface area contributed by atoms with E-state index in [4.69, 9.17) is 5.11 Å². The Morgan fingerprint density at radius 1 is 1.11 bits per heavy atom. The lowest BCUT2D eigenvalue weighted by Gasteiger charge is -2.20. The molecule has 0 aromatic heterocycles. The highest BCUT2D eigenvalue weighted by Gasteiger charge is 2.28. The van der Waals surface area contributed by atoms with Gasteiger partial charge in [0, 0.05) is 18.9 Å². The average molecular weight is 258 g/mol. The summed E-state index contributed by atoms with van der Waals surface area (Å²) in [5.74, 6) is -1.55. The average Bonchev–Trinajstić information content (AvgIpc) is 2.14. The number of rotatable bonds is 7. The van der Waals surface area contributed by atoms with Crippen molar-refractivity contribution in [2.45, 2.75) is 58.5 Å². The van der Waals surface area contributed by atoms with Gasteiger partial charge in [-0.25, -0.2) is 4.79 Å². The highest BCUT2D eigenvalue weighted by molar-refractivity contribution is 5.86. The fraction of sp³-hybridized carbons (Fsp3) is 0.750. The zero-order valence-electron chi connectivity index (χ0n) is 11.4. The SMILES string of the molecule is CC(C)NC(=O)CCCC(=O)NC(C)(C)C(=O)O. The maximum absolute atomic E-state index is 11.5. The van der Waals surface area contributed by atoms with E-state index in [1.165, 1.54) is 13.8 Å². The van der Waals surface area contributed by atoms with Gasteiger partial charge in [-0.15, -0.1) is 0 Å². The molecule has 0 spiro atoms. The molecule has 0 aliphatic carbocycles. The Kier molecular flexibility index (Phi) is 6.36. The minimum absolute atomic E-state index is 0.0808. The molecule has 0 saturated heterocycles. The fourth-order valence-electron chi connectivity index (χ4n) is 1.27. The molecule has 3 N–H and O–H groups in total. The molecule has 0 atom stereocenters. The molecule has 0 bridgehead atoms. The molecule has 0 heterocycles. The van der Waals surface area contributed by atoms with Crippen LogP contribution in [0.25, 0.3) is 0 Å². The summed E-state index contributed by atoms with van der Waals surface area (Å²) in [7, 11) is 0. The van der Waals surface area contributed by atoms with Crippen LogP contribution in [0.4, 0.5) is 0 Å². The number of carboxylic acids is 1. The Labute approximate surface area is 107 Å². The van der Waals surface area contributed by atoms with E-state index >= 15 is 0 Å². The Hall–Kier alpha value is -1.59. The van der Waals surface area contributed by atoms with Crippen LogP contribution in [0.3, 0.4) is 0 Å². The first-order valence-electron chi connectivity index (χ1n) is 5.99. The summed E-state index contributed by atoms with van der Waals surface area (Å²) in [6.07, 6.45) is 0.807. The number of amides is 2. The predicted octanol–water partition coefficient (Wildman–Crippen LogP) is 0.661. The van der Waals surface area contributed by atoms with Crippen molar-refractivity contribution in [3.8, 4) is 0 Å². The van der Waals surface area contributed by atoms with Gasteiger partial charge in [0.15, 0.2) is 0 Å². The molecule has 6 nitrogen and oxygen atoms in total. The van der Waals surface area contributed by atoms with Crippen molar-refractivity contribution in [2.75, 3.05) is 0 Å². The Balaban J connectivity index is 3.92. The van der Waals surface area contributed by atoms with Gasteiger partial charge in [-0.05, 0) is 34.1 Å². The molecule has 0 aliphatic rings. The lowest BCUT2D eigenvalue weighted by Crippen LogP contribution is -2.49.